The molecule has 0 aromatic heterocycles. The number of rotatable bonds is 6. The minimum atomic E-state index is -4.34. The fraction of sp³-hybridized carbons (Fsp3) is 0.478. The quantitative estimate of drug-likeness (QED) is 0.570. The molecule has 0 saturated carbocycles. The molecule has 3 rings (SSSR count). The van der Waals surface area contributed by atoms with E-state index in [1.807, 2.05) is 30.3 Å². The smallest absolute Gasteiger partial charge is 0.416 e. The van der Waals surface area contributed by atoms with Crippen LogP contribution in [-0.4, -0.2) is 24.5 Å². The normalized spacial score (nSPS) is 17.3. The molecule has 1 aliphatic rings. The van der Waals surface area contributed by atoms with Crippen LogP contribution in [0.15, 0.2) is 54.6 Å². The average Bonchev–Trinajstić information content (AvgIpc) is 2.67. The van der Waals surface area contributed by atoms with E-state index in [1.54, 1.807) is 0 Å². The summed E-state index contributed by atoms with van der Waals surface area (Å²) in [4.78, 5) is 2.47. The summed E-state index contributed by atoms with van der Waals surface area (Å²) < 4.78 is 44.8. The summed E-state index contributed by atoms with van der Waals surface area (Å²) in [6, 6.07) is 14.9. The van der Waals surface area contributed by atoms with Crippen LogP contribution in [0.3, 0.4) is 0 Å². The Bertz CT molecular complexity index is 735. The number of hydrogen-bond donors (Lipinski definition) is 0. The lowest BCUT2D eigenvalue weighted by Gasteiger charge is -2.40. The van der Waals surface area contributed by atoms with Gasteiger partial charge >= 0.3 is 6.18 Å². The summed E-state index contributed by atoms with van der Waals surface area (Å²) in [5, 5.41) is 0. The first-order valence-electron chi connectivity index (χ1n) is 9.87. The molecule has 1 aliphatic heterocycles. The SMILES string of the molecule is CC(C)(CN1CCCCC1)C(Oc1ccc(C(F)(F)F)cc1)c1ccccc1. The van der Waals surface area contributed by atoms with Crippen LogP contribution >= 0.6 is 0 Å². The van der Waals surface area contributed by atoms with Crippen LogP contribution in [0.5, 0.6) is 5.75 Å². The van der Waals surface area contributed by atoms with Gasteiger partial charge in [-0.05, 0) is 55.8 Å². The lowest BCUT2D eigenvalue weighted by Crippen LogP contribution is -2.42. The maximum atomic E-state index is 12.9. The predicted molar refractivity (Wildman–Crippen MR) is 105 cm³/mol. The van der Waals surface area contributed by atoms with E-state index >= 15 is 0 Å². The van der Waals surface area contributed by atoms with Crippen molar-refractivity contribution < 1.29 is 17.9 Å². The van der Waals surface area contributed by atoms with Gasteiger partial charge < -0.3 is 9.64 Å². The van der Waals surface area contributed by atoms with Gasteiger partial charge in [-0.3, -0.25) is 0 Å². The molecule has 0 bridgehead atoms. The average molecular weight is 391 g/mol. The number of halogens is 3. The highest BCUT2D eigenvalue weighted by atomic mass is 19.4. The van der Waals surface area contributed by atoms with E-state index in [4.69, 9.17) is 4.74 Å². The van der Waals surface area contributed by atoms with Gasteiger partial charge in [0.05, 0.1) is 5.56 Å². The second-order valence-electron chi connectivity index (χ2n) is 8.26. The van der Waals surface area contributed by atoms with Crippen LogP contribution in [-0.2, 0) is 6.18 Å². The van der Waals surface area contributed by atoms with Gasteiger partial charge in [0.15, 0.2) is 0 Å². The number of nitrogens with zero attached hydrogens (tertiary/aromatic N) is 1. The van der Waals surface area contributed by atoms with Crippen molar-refractivity contribution in [2.75, 3.05) is 19.6 Å². The van der Waals surface area contributed by atoms with Gasteiger partial charge in [0.25, 0.3) is 0 Å². The summed E-state index contributed by atoms with van der Waals surface area (Å²) in [6.45, 7) is 7.40. The lowest BCUT2D eigenvalue weighted by molar-refractivity contribution is -0.137. The molecule has 28 heavy (non-hydrogen) atoms. The molecular weight excluding hydrogens is 363 g/mol. The Balaban J connectivity index is 1.82. The summed E-state index contributed by atoms with van der Waals surface area (Å²) in [6.07, 6.45) is -0.892. The standard InChI is InChI=1S/C23H28F3NO/c1-22(2,17-27-15-7-4-8-16-27)21(18-9-5-3-6-10-18)28-20-13-11-19(12-14-20)23(24,25)26/h3,5-6,9-14,21H,4,7-8,15-17H2,1-2H3. The van der Waals surface area contributed by atoms with Gasteiger partial charge in [-0.1, -0.05) is 50.6 Å². The molecule has 152 valence electrons. The van der Waals surface area contributed by atoms with Crippen molar-refractivity contribution >= 4 is 0 Å². The third-order valence-corrected chi connectivity index (χ3v) is 5.33. The topological polar surface area (TPSA) is 12.5 Å². The minimum Gasteiger partial charge on any atom is -0.485 e. The number of alkyl halides is 3. The van der Waals surface area contributed by atoms with Gasteiger partial charge in [0.2, 0.25) is 0 Å². The second kappa shape index (κ2) is 8.56. The number of benzene rings is 2. The Labute approximate surface area is 165 Å². The van der Waals surface area contributed by atoms with Gasteiger partial charge in [-0.2, -0.15) is 13.2 Å². The van der Waals surface area contributed by atoms with E-state index < -0.39 is 11.7 Å². The Morgan fingerprint density at radius 1 is 0.893 bits per heavy atom. The van der Waals surface area contributed by atoms with Gasteiger partial charge in [0.1, 0.15) is 11.9 Å². The fourth-order valence-electron chi connectivity index (χ4n) is 3.94. The highest BCUT2D eigenvalue weighted by Crippen LogP contribution is 2.39. The van der Waals surface area contributed by atoms with Gasteiger partial charge in [-0.15, -0.1) is 0 Å². The monoisotopic (exact) mass is 391 g/mol. The van der Waals surface area contributed by atoms with Crippen LogP contribution in [0.25, 0.3) is 0 Å². The second-order valence-corrected chi connectivity index (χ2v) is 8.26. The zero-order valence-corrected chi connectivity index (χ0v) is 16.5. The molecule has 0 spiro atoms. The largest absolute Gasteiger partial charge is 0.485 e. The Morgan fingerprint density at radius 3 is 2.07 bits per heavy atom. The highest BCUT2D eigenvalue weighted by molar-refractivity contribution is 5.30. The predicted octanol–water partition coefficient (Wildman–Crippen LogP) is 6.34. The first kappa shape index (κ1) is 20.7. The molecule has 2 aromatic carbocycles. The van der Waals surface area contributed by atoms with Gasteiger partial charge in [-0.25, -0.2) is 0 Å². The number of ether oxygens (including phenoxy) is 1. The molecule has 0 N–H and O–H groups in total. The molecule has 1 saturated heterocycles. The molecule has 2 nitrogen and oxygen atoms in total. The van der Waals surface area contributed by atoms with Crippen LogP contribution in [0.1, 0.15) is 50.3 Å². The molecule has 1 unspecified atom stereocenters. The van der Waals surface area contributed by atoms with Crippen LogP contribution in [0.4, 0.5) is 13.2 Å². The summed E-state index contributed by atoms with van der Waals surface area (Å²) in [7, 11) is 0. The van der Waals surface area contributed by atoms with E-state index in [-0.39, 0.29) is 11.5 Å². The van der Waals surface area contributed by atoms with Crippen LogP contribution in [0.2, 0.25) is 0 Å². The molecule has 2 aromatic rings. The maximum Gasteiger partial charge on any atom is 0.416 e. The van der Waals surface area contributed by atoms with Crippen molar-refractivity contribution in [1.29, 1.82) is 0 Å². The van der Waals surface area contributed by atoms with E-state index in [0.717, 1.165) is 37.3 Å². The van der Waals surface area contributed by atoms with E-state index in [0.29, 0.717) is 5.75 Å². The first-order valence-corrected chi connectivity index (χ1v) is 9.87. The molecule has 5 heteroatoms. The fourth-order valence-corrected chi connectivity index (χ4v) is 3.94. The first-order chi connectivity index (χ1) is 13.3. The molecule has 0 amide bonds. The van der Waals surface area contributed by atoms with E-state index in [1.165, 1.54) is 31.4 Å². The van der Waals surface area contributed by atoms with Gasteiger partial charge in [0, 0.05) is 12.0 Å². The number of likely N-dealkylation sites (tertiary alicyclic amines) is 1. The Hall–Kier alpha value is -2.01. The Kier molecular flexibility index (Phi) is 6.33. The zero-order chi connectivity index (χ0) is 20.2. The summed E-state index contributed by atoms with van der Waals surface area (Å²) in [5.74, 6) is 0.452. The van der Waals surface area contributed by atoms with Crippen LogP contribution in [0, 0.1) is 5.41 Å². The van der Waals surface area contributed by atoms with Crippen molar-refractivity contribution in [3.05, 3.63) is 65.7 Å². The number of hydrogen-bond acceptors (Lipinski definition) is 2. The minimum absolute atomic E-state index is 0.207. The van der Waals surface area contributed by atoms with Crippen LogP contribution < -0.4 is 4.74 Å². The molecular formula is C23H28F3NO. The van der Waals surface area contributed by atoms with Crippen molar-refractivity contribution in [3.8, 4) is 5.75 Å². The van der Waals surface area contributed by atoms with E-state index in [2.05, 4.69) is 18.7 Å². The third kappa shape index (κ3) is 5.28. The molecule has 1 heterocycles. The molecule has 1 atom stereocenters. The molecule has 0 radical (unpaired) electrons. The molecule has 0 aliphatic carbocycles. The lowest BCUT2D eigenvalue weighted by atomic mass is 9.81. The zero-order valence-electron chi connectivity index (χ0n) is 16.5. The maximum absolute atomic E-state index is 12.9. The van der Waals surface area contributed by atoms with Crippen molar-refractivity contribution in [3.63, 3.8) is 0 Å². The summed E-state index contributed by atoms with van der Waals surface area (Å²) >= 11 is 0. The Morgan fingerprint density at radius 2 is 1.50 bits per heavy atom. The van der Waals surface area contributed by atoms with E-state index in [9.17, 15) is 13.2 Å². The third-order valence-electron chi connectivity index (χ3n) is 5.33. The summed E-state index contributed by atoms with van der Waals surface area (Å²) in [5.41, 5.74) is 0.162. The number of piperidine rings is 1. The molecule has 1 fully saturated rings. The van der Waals surface area contributed by atoms with Crippen molar-refractivity contribution in [2.24, 2.45) is 5.41 Å². The highest BCUT2D eigenvalue weighted by Gasteiger charge is 2.35. The van der Waals surface area contributed by atoms with Crippen molar-refractivity contribution in [1.82, 2.24) is 4.90 Å². The van der Waals surface area contributed by atoms with Crippen molar-refractivity contribution in [2.45, 2.75) is 45.4 Å².